The van der Waals surface area contributed by atoms with Crippen molar-refractivity contribution in [3.8, 4) is 16.2 Å². The van der Waals surface area contributed by atoms with Crippen LogP contribution in [0, 0.1) is 6.92 Å². The lowest BCUT2D eigenvalue weighted by Gasteiger charge is -2.40. The molecule has 7 heteroatoms. The van der Waals surface area contributed by atoms with E-state index in [-0.39, 0.29) is 0 Å². The van der Waals surface area contributed by atoms with Crippen LogP contribution in [-0.4, -0.2) is 52.4 Å². The molecule has 5 nitrogen and oxygen atoms in total. The van der Waals surface area contributed by atoms with Crippen molar-refractivity contribution in [1.82, 2.24) is 0 Å². The van der Waals surface area contributed by atoms with Gasteiger partial charge in [0.1, 0.15) is 35.6 Å². The molecule has 1 saturated heterocycles. The predicted octanol–water partition coefficient (Wildman–Crippen LogP) is 4.17. The third kappa shape index (κ3) is 4.73. The van der Waals surface area contributed by atoms with Gasteiger partial charge in [0.15, 0.2) is 0 Å². The highest BCUT2D eigenvalue weighted by molar-refractivity contribution is 7.99. The van der Waals surface area contributed by atoms with Crippen LogP contribution in [0.3, 0.4) is 0 Å². The molecule has 0 spiro atoms. The molecule has 4 rings (SSSR count). The van der Waals surface area contributed by atoms with Gasteiger partial charge < -0.3 is 24.8 Å². The lowest BCUT2D eigenvalue weighted by molar-refractivity contribution is -0.200. The zero-order valence-corrected chi connectivity index (χ0v) is 19.9. The number of ether oxygens (including phenoxy) is 2. The number of aliphatic hydroxyl groups is 3. The fourth-order valence-electron chi connectivity index (χ4n) is 3.95. The van der Waals surface area contributed by atoms with Gasteiger partial charge in [-0.2, -0.15) is 0 Å². The Morgan fingerprint density at radius 3 is 2.41 bits per heavy atom. The van der Waals surface area contributed by atoms with E-state index in [0.29, 0.717) is 0 Å². The van der Waals surface area contributed by atoms with E-state index in [1.54, 1.807) is 18.4 Å². The Balaban J connectivity index is 1.55. The monoisotopic (exact) mass is 472 g/mol. The van der Waals surface area contributed by atoms with Gasteiger partial charge in [-0.1, -0.05) is 18.2 Å². The summed E-state index contributed by atoms with van der Waals surface area (Å²) < 4.78 is 11.2. The van der Waals surface area contributed by atoms with E-state index in [4.69, 9.17) is 9.47 Å². The minimum atomic E-state index is -1.25. The average molecular weight is 473 g/mol. The Kier molecular flexibility index (Phi) is 7.24. The Morgan fingerprint density at radius 1 is 0.969 bits per heavy atom. The number of hydrogen-bond donors (Lipinski definition) is 3. The Labute approximate surface area is 196 Å². The number of rotatable bonds is 6. The van der Waals surface area contributed by atoms with E-state index >= 15 is 0 Å². The van der Waals surface area contributed by atoms with Crippen LogP contribution < -0.4 is 4.74 Å². The molecule has 1 fully saturated rings. The topological polar surface area (TPSA) is 79.2 Å². The number of hydrogen-bond acceptors (Lipinski definition) is 7. The van der Waals surface area contributed by atoms with E-state index in [9.17, 15) is 15.3 Å². The molecule has 5 unspecified atom stereocenters. The maximum absolute atomic E-state index is 10.5. The summed E-state index contributed by atoms with van der Waals surface area (Å²) in [5.74, 6) is 0.839. The predicted molar refractivity (Wildman–Crippen MR) is 129 cm³/mol. The van der Waals surface area contributed by atoms with Crippen molar-refractivity contribution in [2.24, 2.45) is 0 Å². The molecule has 0 amide bonds. The van der Waals surface area contributed by atoms with Gasteiger partial charge >= 0.3 is 0 Å². The van der Waals surface area contributed by atoms with Crippen molar-refractivity contribution < 1.29 is 24.8 Å². The van der Waals surface area contributed by atoms with Gasteiger partial charge in [-0.3, -0.25) is 0 Å². The molecule has 1 aliphatic heterocycles. The van der Waals surface area contributed by atoms with Crippen LogP contribution in [0.25, 0.3) is 10.4 Å². The maximum atomic E-state index is 10.5. The number of thiophene rings is 1. The third-order valence-corrected chi connectivity index (χ3v) is 7.89. The van der Waals surface area contributed by atoms with Crippen molar-refractivity contribution >= 4 is 23.1 Å². The van der Waals surface area contributed by atoms with E-state index in [1.807, 2.05) is 36.6 Å². The van der Waals surface area contributed by atoms with Gasteiger partial charge in [-0.05, 0) is 71.8 Å². The first kappa shape index (κ1) is 23.3. The molecule has 1 aliphatic rings. The molecule has 0 radical (unpaired) electrons. The highest BCUT2D eigenvalue weighted by Crippen LogP contribution is 2.37. The fourth-order valence-corrected chi connectivity index (χ4v) is 5.66. The van der Waals surface area contributed by atoms with Crippen molar-refractivity contribution in [2.75, 3.05) is 13.4 Å². The molecule has 2 aromatic carbocycles. The minimum Gasteiger partial charge on any atom is -0.497 e. The van der Waals surface area contributed by atoms with Crippen molar-refractivity contribution in [3.63, 3.8) is 0 Å². The van der Waals surface area contributed by atoms with Crippen LogP contribution in [0.1, 0.15) is 27.7 Å². The zero-order valence-electron chi connectivity index (χ0n) is 18.3. The SMILES string of the molecule is COc1ccc(-c2ccc(Cc3cc(C4OC(SC)C(O)C(O)C4O)ccc3C)s2)cc1. The quantitative estimate of drug-likeness (QED) is 0.500. The summed E-state index contributed by atoms with van der Waals surface area (Å²) in [6.45, 7) is 2.07. The summed E-state index contributed by atoms with van der Waals surface area (Å²) in [5, 5.41) is 31.0. The summed E-state index contributed by atoms with van der Waals surface area (Å²) in [6, 6.07) is 18.3. The first-order valence-corrected chi connectivity index (χ1v) is 12.6. The minimum absolute atomic E-state index is 0.590. The van der Waals surface area contributed by atoms with Crippen molar-refractivity contribution in [3.05, 3.63) is 76.2 Å². The summed E-state index contributed by atoms with van der Waals surface area (Å²) in [4.78, 5) is 2.43. The first-order valence-electron chi connectivity index (χ1n) is 10.5. The highest BCUT2D eigenvalue weighted by atomic mass is 32.2. The normalized spacial score (nSPS) is 25.6. The van der Waals surface area contributed by atoms with Gasteiger partial charge in [0, 0.05) is 16.2 Å². The summed E-state index contributed by atoms with van der Waals surface area (Å²) in [5.41, 5.74) is 3.66. The van der Waals surface area contributed by atoms with Crippen LogP contribution in [0.5, 0.6) is 5.75 Å². The molecule has 1 aromatic heterocycles. The molecule has 3 aromatic rings. The molecule has 170 valence electrons. The number of aliphatic hydroxyl groups excluding tert-OH is 3. The molecule has 5 atom stereocenters. The summed E-state index contributed by atoms with van der Waals surface area (Å²) in [7, 11) is 1.66. The van der Waals surface area contributed by atoms with Crippen LogP contribution in [-0.2, 0) is 11.2 Å². The molecule has 0 bridgehead atoms. The van der Waals surface area contributed by atoms with Gasteiger partial charge in [0.25, 0.3) is 0 Å². The Bertz CT molecular complexity index is 1050. The van der Waals surface area contributed by atoms with Crippen LogP contribution in [0.2, 0.25) is 0 Å². The smallest absolute Gasteiger partial charge is 0.132 e. The second-order valence-electron chi connectivity index (χ2n) is 7.99. The van der Waals surface area contributed by atoms with Crippen molar-refractivity contribution in [2.45, 2.75) is 43.2 Å². The van der Waals surface area contributed by atoms with E-state index in [2.05, 4.69) is 31.2 Å². The third-order valence-electron chi connectivity index (χ3n) is 5.90. The largest absolute Gasteiger partial charge is 0.497 e. The molecule has 32 heavy (non-hydrogen) atoms. The number of benzene rings is 2. The van der Waals surface area contributed by atoms with Crippen LogP contribution in [0.15, 0.2) is 54.6 Å². The van der Waals surface area contributed by atoms with Gasteiger partial charge in [-0.25, -0.2) is 0 Å². The van der Waals surface area contributed by atoms with E-state index < -0.39 is 29.9 Å². The molecular formula is C25H28O5S2. The molecule has 0 saturated carbocycles. The lowest BCUT2D eigenvalue weighted by Crippen LogP contribution is -2.52. The molecule has 2 heterocycles. The van der Waals surface area contributed by atoms with Crippen molar-refractivity contribution in [1.29, 1.82) is 0 Å². The van der Waals surface area contributed by atoms with Gasteiger partial charge in [0.2, 0.25) is 0 Å². The molecule has 0 aliphatic carbocycles. The Hall–Kier alpha value is -1.87. The second-order valence-corrected chi connectivity index (χ2v) is 10.1. The molecule has 3 N–H and O–H groups in total. The molecular weight excluding hydrogens is 444 g/mol. The van der Waals surface area contributed by atoms with Gasteiger partial charge in [-0.15, -0.1) is 23.1 Å². The fraction of sp³-hybridized carbons (Fsp3) is 0.360. The summed E-state index contributed by atoms with van der Waals surface area (Å²) in [6.07, 6.45) is -1.67. The van der Waals surface area contributed by atoms with E-state index in [1.165, 1.54) is 21.5 Å². The van der Waals surface area contributed by atoms with Crippen LogP contribution in [0.4, 0.5) is 0 Å². The summed E-state index contributed by atoms with van der Waals surface area (Å²) >= 11 is 3.07. The van der Waals surface area contributed by atoms with Gasteiger partial charge in [0.05, 0.1) is 7.11 Å². The van der Waals surface area contributed by atoms with E-state index in [0.717, 1.165) is 34.4 Å². The number of methoxy groups -OCH3 is 1. The standard InChI is InChI=1S/C25H28O5S2/c1-14-4-5-16(24-22(27)21(26)23(28)25(30-24)31-3)12-17(14)13-19-10-11-20(32-19)15-6-8-18(29-2)9-7-15/h4-12,21-28H,13H2,1-3H3. The lowest BCUT2D eigenvalue weighted by atomic mass is 9.92. The average Bonchev–Trinajstić information content (AvgIpc) is 3.28. The maximum Gasteiger partial charge on any atom is 0.132 e. The Morgan fingerprint density at radius 2 is 1.72 bits per heavy atom. The number of aryl methyl sites for hydroxylation is 1. The zero-order chi connectivity index (χ0) is 22.8. The highest BCUT2D eigenvalue weighted by Gasteiger charge is 2.44. The number of thioether (sulfide) groups is 1. The second kappa shape index (κ2) is 9.95. The van der Waals surface area contributed by atoms with Crippen LogP contribution >= 0.6 is 23.1 Å². The first-order chi connectivity index (χ1) is 15.4.